The van der Waals surface area contributed by atoms with Crippen LogP contribution < -0.4 is 0 Å². The number of halogens is 5. The monoisotopic (exact) mass is 320 g/mol. The number of rotatable bonds is 3. The molecule has 1 aromatic rings. The van der Waals surface area contributed by atoms with Gasteiger partial charge in [-0.3, -0.25) is 0 Å². The maximum absolute atomic E-state index is 12.5. The van der Waals surface area contributed by atoms with E-state index >= 15 is 0 Å². The molecule has 0 aliphatic carbocycles. The third-order valence-electron chi connectivity index (χ3n) is 2.25. The zero-order valence-corrected chi connectivity index (χ0v) is 11.2. The molecule has 0 heterocycles. The molecule has 2 unspecified atom stereocenters. The summed E-state index contributed by atoms with van der Waals surface area (Å²) in [4.78, 5) is 0. The third kappa shape index (κ3) is 3.45. The van der Waals surface area contributed by atoms with Crippen molar-refractivity contribution in [1.29, 1.82) is 0 Å². The molecule has 18 heavy (non-hydrogen) atoms. The molecular weight excluding hydrogens is 312 g/mol. The van der Waals surface area contributed by atoms with E-state index in [9.17, 15) is 23.4 Å². The van der Waals surface area contributed by atoms with Crippen LogP contribution >= 0.6 is 35.8 Å². The lowest BCUT2D eigenvalue weighted by Gasteiger charge is -2.20. The van der Waals surface area contributed by atoms with Crippen molar-refractivity contribution in [3.05, 3.63) is 33.3 Å². The van der Waals surface area contributed by atoms with Gasteiger partial charge in [0, 0.05) is 21.4 Å². The van der Waals surface area contributed by atoms with Crippen molar-refractivity contribution in [3.63, 3.8) is 0 Å². The van der Waals surface area contributed by atoms with Crippen molar-refractivity contribution < 1.29 is 23.4 Å². The Morgan fingerprint density at radius 3 is 1.94 bits per heavy atom. The fourth-order valence-corrected chi connectivity index (χ4v) is 2.23. The van der Waals surface area contributed by atoms with E-state index < -0.39 is 23.9 Å². The molecule has 0 saturated heterocycles. The molecule has 0 aliphatic rings. The minimum absolute atomic E-state index is 0.0884. The van der Waals surface area contributed by atoms with Crippen molar-refractivity contribution in [3.8, 4) is 0 Å². The van der Waals surface area contributed by atoms with Gasteiger partial charge >= 0.3 is 6.18 Å². The van der Waals surface area contributed by atoms with Gasteiger partial charge in [0.1, 0.15) is 6.10 Å². The number of thiol groups is 1. The molecule has 0 spiro atoms. The molecule has 0 aliphatic heterocycles. The molecule has 0 aromatic heterocycles. The van der Waals surface area contributed by atoms with E-state index in [0.717, 1.165) is 0 Å². The molecule has 0 bridgehead atoms. The van der Waals surface area contributed by atoms with Crippen LogP contribution in [0.3, 0.4) is 0 Å². The Hall–Kier alpha value is -0.140. The summed E-state index contributed by atoms with van der Waals surface area (Å²) in [6, 6.07) is 1.30. The van der Waals surface area contributed by atoms with Crippen molar-refractivity contribution in [2.75, 3.05) is 5.75 Å². The van der Waals surface area contributed by atoms with E-state index in [-0.39, 0.29) is 21.4 Å². The molecule has 1 aromatic carbocycles. The van der Waals surface area contributed by atoms with E-state index in [1.165, 1.54) is 0 Å². The van der Waals surface area contributed by atoms with Crippen LogP contribution in [-0.4, -0.2) is 22.1 Å². The summed E-state index contributed by atoms with van der Waals surface area (Å²) < 4.78 is 37.4. The number of hydrogen-bond acceptors (Lipinski definition) is 3. The highest BCUT2D eigenvalue weighted by Crippen LogP contribution is 2.38. The van der Waals surface area contributed by atoms with Gasteiger partial charge < -0.3 is 10.2 Å². The van der Waals surface area contributed by atoms with Gasteiger partial charge in [-0.15, -0.1) is 0 Å². The smallest absolute Gasteiger partial charge is 0.389 e. The van der Waals surface area contributed by atoms with Crippen LogP contribution in [0.1, 0.15) is 17.2 Å². The van der Waals surface area contributed by atoms with Crippen LogP contribution in [0.5, 0.6) is 0 Å². The first-order valence-corrected chi connectivity index (χ1v) is 6.10. The number of alkyl halides is 3. The van der Waals surface area contributed by atoms with Gasteiger partial charge in [0.2, 0.25) is 0 Å². The van der Waals surface area contributed by atoms with Gasteiger partial charge in [-0.25, -0.2) is 0 Å². The lowest BCUT2D eigenvalue weighted by atomic mass is 10.0. The topological polar surface area (TPSA) is 40.5 Å². The summed E-state index contributed by atoms with van der Waals surface area (Å²) in [6.07, 6.45) is -7.36. The van der Waals surface area contributed by atoms with E-state index in [0.29, 0.717) is 12.1 Å². The average Bonchev–Trinajstić information content (AvgIpc) is 2.25. The van der Waals surface area contributed by atoms with Crippen LogP contribution in [0.2, 0.25) is 10.0 Å². The SMILES string of the molecule is OC(CS)C(O)c1c(Cl)cc(C(F)(F)F)cc1Cl. The molecule has 0 radical (unpaired) electrons. The number of aliphatic hydroxyl groups excluding tert-OH is 2. The Labute approximate surface area is 117 Å². The maximum atomic E-state index is 12.5. The van der Waals surface area contributed by atoms with Crippen LogP contribution in [0, 0.1) is 0 Å². The number of benzene rings is 1. The number of hydrogen-bond donors (Lipinski definition) is 3. The Morgan fingerprint density at radius 1 is 1.17 bits per heavy atom. The van der Waals surface area contributed by atoms with Crippen LogP contribution in [0.4, 0.5) is 13.2 Å². The highest BCUT2D eigenvalue weighted by molar-refractivity contribution is 7.80. The van der Waals surface area contributed by atoms with E-state index in [1.54, 1.807) is 0 Å². The molecule has 0 fully saturated rings. The van der Waals surface area contributed by atoms with Gasteiger partial charge in [0.05, 0.1) is 11.7 Å². The lowest BCUT2D eigenvalue weighted by Crippen LogP contribution is -2.21. The highest BCUT2D eigenvalue weighted by atomic mass is 35.5. The first-order valence-electron chi connectivity index (χ1n) is 4.71. The van der Waals surface area contributed by atoms with Gasteiger partial charge in [0.15, 0.2) is 0 Å². The summed E-state index contributed by atoms with van der Waals surface area (Å²) in [5.41, 5.74) is -1.17. The second kappa shape index (κ2) is 5.88. The van der Waals surface area contributed by atoms with Crippen molar-refractivity contribution in [2.45, 2.75) is 18.4 Å². The van der Waals surface area contributed by atoms with E-state index in [4.69, 9.17) is 23.2 Å². The summed E-state index contributed by atoms with van der Waals surface area (Å²) in [6.45, 7) is 0. The van der Waals surface area contributed by atoms with Gasteiger partial charge in [-0.1, -0.05) is 23.2 Å². The van der Waals surface area contributed by atoms with Crippen molar-refractivity contribution in [2.24, 2.45) is 0 Å². The van der Waals surface area contributed by atoms with Gasteiger partial charge in [-0.05, 0) is 12.1 Å². The lowest BCUT2D eigenvalue weighted by molar-refractivity contribution is -0.137. The van der Waals surface area contributed by atoms with Crippen LogP contribution in [0.25, 0.3) is 0 Å². The molecule has 2 atom stereocenters. The Balaban J connectivity index is 3.25. The van der Waals surface area contributed by atoms with E-state index in [2.05, 4.69) is 12.6 Å². The van der Waals surface area contributed by atoms with Crippen molar-refractivity contribution >= 4 is 35.8 Å². The fraction of sp³-hybridized carbons (Fsp3) is 0.400. The molecule has 0 saturated carbocycles. The average molecular weight is 321 g/mol. The predicted octanol–water partition coefficient (Wildman–Crippen LogP) is 3.34. The third-order valence-corrected chi connectivity index (χ3v) is 3.25. The molecule has 1 rings (SSSR count). The highest BCUT2D eigenvalue weighted by Gasteiger charge is 2.33. The Morgan fingerprint density at radius 2 is 1.61 bits per heavy atom. The maximum Gasteiger partial charge on any atom is 0.416 e. The fourth-order valence-electron chi connectivity index (χ4n) is 1.32. The molecule has 102 valence electrons. The normalized spacial score (nSPS) is 15.6. The Kier molecular flexibility index (Phi) is 5.20. The minimum Gasteiger partial charge on any atom is -0.389 e. The van der Waals surface area contributed by atoms with Gasteiger partial charge in [0.25, 0.3) is 0 Å². The summed E-state index contributed by atoms with van der Waals surface area (Å²) in [7, 11) is 0. The standard InChI is InChI=1S/C10H9Cl2F3O2S/c11-5-1-4(10(13,14)15)2-6(12)8(5)9(17)7(16)3-18/h1-2,7,9,16-18H,3H2. The van der Waals surface area contributed by atoms with Crippen molar-refractivity contribution in [1.82, 2.24) is 0 Å². The molecule has 0 amide bonds. The van der Waals surface area contributed by atoms with Crippen LogP contribution in [-0.2, 0) is 6.18 Å². The number of aliphatic hydroxyl groups is 2. The zero-order valence-electron chi connectivity index (χ0n) is 8.75. The molecular formula is C10H9Cl2F3O2S. The second-order valence-electron chi connectivity index (χ2n) is 3.55. The summed E-state index contributed by atoms with van der Waals surface area (Å²) in [5, 5.41) is 18.4. The predicted molar refractivity (Wildman–Crippen MR) is 66.3 cm³/mol. The van der Waals surface area contributed by atoms with Crippen LogP contribution in [0.15, 0.2) is 12.1 Å². The summed E-state index contributed by atoms with van der Waals surface area (Å²) >= 11 is 15.1. The van der Waals surface area contributed by atoms with E-state index in [1.807, 2.05) is 0 Å². The second-order valence-corrected chi connectivity index (χ2v) is 4.73. The molecule has 8 heteroatoms. The summed E-state index contributed by atoms with van der Waals surface area (Å²) in [5.74, 6) is -0.0884. The largest absolute Gasteiger partial charge is 0.416 e. The quantitative estimate of drug-likeness (QED) is 0.748. The molecule has 2 nitrogen and oxygen atoms in total. The van der Waals surface area contributed by atoms with Gasteiger partial charge in [-0.2, -0.15) is 25.8 Å². The Bertz CT molecular complexity index is 417. The first kappa shape index (κ1) is 15.9. The zero-order chi connectivity index (χ0) is 14.1. The first-order chi connectivity index (χ1) is 8.18. The molecule has 2 N–H and O–H groups in total. The minimum atomic E-state index is -4.58.